The van der Waals surface area contributed by atoms with Gasteiger partial charge in [0.15, 0.2) is 0 Å². The zero-order valence-corrected chi connectivity index (χ0v) is 6.44. The fourth-order valence-electron chi connectivity index (χ4n) is 1.63. The van der Waals surface area contributed by atoms with Crippen LogP contribution in [-0.4, -0.2) is 5.78 Å². The van der Waals surface area contributed by atoms with Gasteiger partial charge in [0.25, 0.3) is 0 Å². The molecule has 1 radical (unpaired) electrons. The maximum Gasteiger partial charge on any atom is 0.135 e. The van der Waals surface area contributed by atoms with Crippen LogP contribution in [0.25, 0.3) is 0 Å². The number of Topliss-reactive ketones (excluding diaryl/α,β-unsaturated/α-hetero) is 1. The molecule has 1 saturated carbocycles. The average molecular weight is 139 g/mol. The third kappa shape index (κ3) is 1.83. The first-order chi connectivity index (χ1) is 4.84. The average Bonchev–Trinajstić information content (AvgIpc) is 2.38. The Bertz CT molecular complexity index is 112. The number of carbonyl (C=O) groups is 1. The van der Waals surface area contributed by atoms with Gasteiger partial charge < -0.3 is 0 Å². The summed E-state index contributed by atoms with van der Waals surface area (Å²) >= 11 is 0. The van der Waals surface area contributed by atoms with Crippen molar-refractivity contribution in [2.24, 2.45) is 5.92 Å². The van der Waals surface area contributed by atoms with Crippen molar-refractivity contribution >= 4 is 5.78 Å². The second-order valence-electron chi connectivity index (χ2n) is 3.05. The van der Waals surface area contributed by atoms with Gasteiger partial charge in [0.1, 0.15) is 5.78 Å². The number of hydrogen-bond donors (Lipinski definition) is 0. The van der Waals surface area contributed by atoms with Crippen LogP contribution in [0.1, 0.15) is 38.5 Å². The topological polar surface area (TPSA) is 17.1 Å². The predicted octanol–water partition coefficient (Wildman–Crippen LogP) is 2.36. The second-order valence-corrected chi connectivity index (χ2v) is 3.05. The molecule has 0 spiro atoms. The number of ketones is 1. The first-order valence-corrected chi connectivity index (χ1v) is 4.16. The quantitative estimate of drug-likeness (QED) is 0.586. The monoisotopic (exact) mass is 139 g/mol. The smallest absolute Gasteiger partial charge is 0.135 e. The van der Waals surface area contributed by atoms with E-state index in [0.29, 0.717) is 18.1 Å². The zero-order valence-electron chi connectivity index (χ0n) is 6.44. The van der Waals surface area contributed by atoms with Gasteiger partial charge in [0.2, 0.25) is 0 Å². The summed E-state index contributed by atoms with van der Waals surface area (Å²) in [5, 5.41) is 0. The Balaban J connectivity index is 2.25. The highest BCUT2D eigenvalue weighted by Crippen LogP contribution is 2.26. The molecular weight excluding hydrogens is 124 g/mol. The minimum Gasteiger partial charge on any atom is -0.299 e. The van der Waals surface area contributed by atoms with Crippen LogP contribution in [0, 0.1) is 12.8 Å². The van der Waals surface area contributed by atoms with Gasteiger partial charge in [-0.3, -0.25) is 4.79 Å². The molecule has 0 unspecified atom stereocenters. The van der Waals surface area contributed by atoms with E-state index in [9.17, 15) is 4.79 Å². The van der Waals surface area contributed by atoms with E-state index in [1.165, 1.54) is 12.8 Å². The van der Waals surface area contributed by atoms with Gasteiger partial charge >= 0.3 is 0 Å². The highest BCUT2D eigenvalue weighted by Gasteiger charge is 2.20. The first-order valence-electron chi connectivity index (χ1n) is 4.16. The Morgan fingerprint density at radius 1 is 1.40 bits per heavy atom. The van der Waals surface area contributed by atoms with Crippen molar-refractivity contribution in [1.29, 1.82) is 0 Å². The zero-order chi connectivity index (χ0) is 7.40. The Kier molecular flexibility index (Phi) is 2.91. The van der Waals surface area contributed by atoms with Crippen LogP contribution in [0.4, 0.5) is 0 Å². The van der Waals surface area contributed by atoms with E-state index in [-0.39, 0.29) is 0 Å². The lowest BCUT2D eigenvalue weighted by Crippen LogP contribution is -2.09. The standard InChI is InChI=1S/C9H15O/c1-2-5-9(10)8-6-3-4-7-8/h8H,1-7H2. The summed E-state index contributed by atoms with van der Waals surface area (Å²) < 4.78 is 0. The molecule has 10 heavy (non-hydrogen) atoms. The van der Waals surface area contributed by atoms with Gasteiger partial charge in [0, 0.05) is 12.3 Å². The second kappa shape index (κ2) is 3.75. The number of rotatable bonds is 3. The van der Waals surface area contributed by atoms with Gasteiger partial charge in [-0.05, 0) is 19.3 Å². The van der Waals surface area contributed by atoms with E-state index < -0.39 is 0 Å². The molecule has 0 aromatic heterocycles. The summed E-state index contributed by atoms with van der Waals surface area (Å²) in [6.45, 7) is 3.68. The van der Waals surface area contributed by atoms with Crippen LogP contribution in [0.3, 0.4) is 0 Å². The summed E-state index contributed by atoms with van der Waals surface area (Å²) in [4.78, 5) is 11.2. The fraction of sp³-hybridized carbons (Fsp3) is 0.778. The van der Waals surface area contributed by atoms with Gasteiger partial charge in [-0.15, -0.1) is 0 Å². The van der Waals surface area contributed by atoms with E-state index in [2.05, 4.69) is 6.92 Å². The van der Waals surface area contributed by atoms with Gasteiger partial charge in [-0.1, -0.05) is 19.8 Å². The third-order valence-electron chi connectivity index (χ3n) is 2.23. The largest absolute Gasteiger partial charge is 0.299 e. The molecular formula is C9H15O. The molecule has 0 heterocycles. The molecule has 0 atom stereocenters. The van der Waals surface area contributed by atoms with Crippen LogP contribution in [-0.2, 0) is 4.79 Å². The molecule has 0 bridgehead atoms. The van der Waals surface area contributed by atoms with Crippen LogP contribution in [0.15, 0.2) is 0 Å². The summed E-state index contributed by atoms with van der Waals surface area (Å²) in [5.74, 6) is 0.856. The van der Waals surface area contributed by atoms with Crippen molar-refractivity contribution < 1.29 is 4.79 Å². The lowest BCUT2D eigenvalue weighted by Gasteiger charge is -2.04. The van der Waals surface area contributed by atoms with Crippen LogP contribution >= 0.6 is 0 Å². The molecule has 1 aliphatic rings. The molecule has 0 saturated heterocycles. The molecule has 1 nitrogen and oxygen atoms in total. The summed E-state index contributed by atoms with van der Waals surface area (Å²) in [7, 11) is 0. The lowest BCUT2D eigenvalue weighted by atomic mass is 9.99. The van der Waals surface area contributed by atoms with E-state index >= 15 is 0 Å². The Hall–Kier alpha value is -0.330. The molecule has 0 aromatic rings. The molecule has 0 aromatic carbocycles. The molecule has 1 aliphatic carbocycles. The predicted molar refractivity (Wildman–Crippen MR) is 41.6 cm³/mol. The lowest BCUT2D eigenvalue weighted by molar-refractivity contribution is -0.122. The van der Waals surface area contributed by atoms with Crippen molar-refractivity contribution in [3.05, 3.63) is 6.92 Å². The van der Waals surface area contributed by atoms with E-state index in [0.717, 1.165) is 19.3 Å². The van der Waals surface area contributed by atoms with Crippen molar-refractivity contribution in [2.45, 2.75) is 38.5 Å². The number of hydrogen-bond acceptors (Lipinski definition) is 1. The Labute approximate surface area is 62.8 Å². The van der Waals surface area contributed by atoms with E-state index in [4.69, 9.17) is 0 Å². The van der Waals surface area contributed by atoms with Crippen molar-refractivity contribution in [2.75, 3.05) is 0 Å². The highest BCUT2D eigenvalue weighted by molar-refractivity contribution is 5.81. The third-order valence-corrected chi connectivity index (χ3v) is 2.23. The normalized spacial score (nSPS) is 19.7. The molecule has 1 heteroatoms. The molecule has 0 N–H and O–H groups in total. The highest BCUT2D eigenvalue weighted by atomic mass is 16.1. The SMILES string of the molecule is [CH2]CCC(=O)C1CCCC1. The van der Waals surface area contributed by atoms with Crippen LogP contribution in [0.5, 0.6) is 0 Å². The van der Waals surface area contributed by atoms with Gasteiger partial charge in [0.05, 0.1) is 0 Å². The molecule has 1 fully saturated rings. The van der Waals surface area contributed by atoms with E-state index in [1.807, 2.05) is 0 Å². The minimum absolute atomic E-state index is 0.404. The maximum absolute atomic E-state index is 11.2. The van der Waals surface area contributed by atoms with Crippen LogP contribution in [0.2, 0.25) is 0 Å². The van der Waals surface area contributed by atoms with E-state index in [1.54, 1.807) is 0 Å². The van der Waals surface area contributed by atoms with Crippen molar-refractivity contribution in [3.8, 4) is 0 Å². The molecule has 1 rings (SSSR count). The van der Waals surface area contributed by atoms with Gasteiger partial charge in [-0.25, -0.2) is 0 Å². The molecule has 57 valence electrons. The summed E-state index contributed by atoms with van der Waals surface area (Å²) in [6, 6.07) is 0. The number of carbonyl (C=O) groups excluding carboxylic acids is 1. The van der Waals surface area contributed by atoms with Crippen LogP contribution < -0.4 is 0 Å². The molecule has 0 amide bonds. The van der Waals surface area contributed by atoms with Gasteiger partial charge in [-0.2, -0.15) is 0 Å². The maximum atomic E-state index is 11.2. The summed E-state index contributed by atoms with van der Waals surface area (Å²) in [5.41, 5.74) is 0. The minimum atomic E-state index is 0.404. The summed E-state index contributed by atoms with van der Waals surface area (Å²) in [6.07, 6.45) is 6.26. The Morgan fingerprint density at radius 3 is 2.50 bits per heavy atom. The van der Waals surface area contributed by atoms with Crippen molar-refractivity contribution in [3.63, 3.8) is 0 Å². The van der Waals surface area contributed by atoms with Crippen molar-refractivity contribution in [1.82, 2.24) is 0 Å². The molecule has 0 aliphatic heterocycles. The fourth-order valence-corrected chi connectivity index (χ4v) is 1.63. The Morgan fingerprint density at radius 2 is 2.00 bits per heavy atom. The first kappa shape index (κ1) is 7.77.